The largest absolute Gasteiger partial charge is 0.292 e. The zero-order valence-corrected chi connectivity index (χ0v) is 8.76. The molecule has 14 heavy (non-hydrogen) atoms. The molecule has 0 saturated heterocycles. The van der Waals surface area contributed by atoms with Crippen molar-refractivity contribution in [2.45, 2.75) is 39.5 Å². The molecule has 0 amide bonds. The van der Waals surface area contributed by atoms with Gasteiger partial charge in [-0.3, -0.25) is 4.79 Å². The fourth-order valence-corrected chi connectivity index (χ4v) is 2.06. The van der Waals surface area contributed by atoms with E-state index in [4.69, 9.17) is 0 Å². The summed E-state index contributed by atoms with van der Waals surface area (Å²) >= 11 is 0. The molecular weight excluding hydrogens is 174 g/mol. The Morgan fingerprint density at radius 3 is 2.93 bits per heavy atom. The summed E-state index contributed by atoms with van der Waals surface area (Å²) in [5.74, 6) is 0.223. The predicted molar refractivity (Wildman–Crippen MR) is 55.6 cm³/mol. The minimum atomic E-state index is 0.223. The second kappa shape index (κ2) is 3.52. The topological polar surface area (TPSA) is 30.0 Å². The number of pyridine rings is 1. The second-order valence-corrected chi connectivity index (χ2v) is 3.89. The highest BCUT2D eigenvalue weighted by molar-refractivity contribution is 5.96. The van der Waals surface area contributed by atoms with Gasteiger partial charge in [-0.15, -0.1) is 0 Å². The van der Waals surface area contributed by atoms with Gasteiger partial charge in [-0.2, -0.15) is 0 Å². The Morgan fingerprint density at radius 1 is 1.43 bits per heavy atom. The molecule has 1 heterocycles. The molecule has 0 fully saturated rings. The summed E-state index contributed by atoms with van der Waals surface area (Å²) < 4.78 is 0. The first-order chi connectivity index (χ1) is 6.72. The summed E-state index contributed by atoms with van der Waals surface area (Å²) in [7, 11) is 0. The molecule has 0 spiro atoms. The fourth-order valence-electron chi connectivity index (χ4n) is 2.06. The summed E-state index contributed by atoms with van der Waals surface area (Å²) in [4.78, 5) is 16.1. The number of rotatable bonds is 1. The molecule has 2 nitrogen and oxygen atoms in total. The molecule has 0 atom stereocenters. The van der Waals surface area contributed by atoms with E-state index in [2.05, 4.69) is 24.9 Å². The van der Waals surface area contributed by atoms with Crippen LogP contribution in [0.5, 0.6) is 0 Å². The molecule has 0 aliphatic heterocycles. The summed E-state index contributed by atoms with van der Waals surface area (Å²) in [6.45, 7) is 4.15. The van der Waals surface area contributed by atoms with Crippen molar-refractivity contribution in [3.8, 4) is 0 Å². The molecule has 2 rings (SSSR count). The second-order valence-electron chi connectivity index (χ2n) is 3.89. The van der Waals surface area contributed by atoms with E-state index in [1.165, 1.54) is 5.56 Å². The van der Waals surface area contributed by atoms with Crippen LogP contribution in [0.15, 0.2) is 6.07 Å². The number of ketones is 1. The summed E-state index contributed by atoms with van der Waals surface area (Å²) in [5.41, 5.74) is 4.18. The smallest absolute Gasteiger partial charge is 0.181 e. The van der Waals surface area contributed by atoms with Crippen molar-refractivity contribution in [1.29, 1.82) is 0 Å². The van der Waals surface area contributed by atoms with Crippen LogP contribution in [0.3, 0.4) is 0 Å². The molecule has 74 valence electrons. The number of carbonyl (C=O) groups excluding carboxylic acids is 1. The van der Waals surface area contributed by atoms with Gasteiger partial charge in [0.05, 0.1) is 0 Å². The van der Waals surface area contributed by atoms with Crippen LogP contribution in [-0.4, -0.2) is 10.8 Å². The molecule has 0 bridgehead atoms. The van der Waals surface area contributed by atoms with Crippen molar-refractivity contribution in [1.82, 2.24) is 4.98 Å². The molecule has 0 unspecified atom stereocenters. The van der Waals surface area contributed by atoms with E-state index < -0.39 is 0 Å². The van der Waals surface area contributed by atoms with Crippen LogP contribution in [0.25, 0.3) is 0 Å². The van der Waals surface area contributed by atoms with E-state index >= 15 is 0 Å². The molecule has 2 heteroatoms. The van der Waals surface area contributed by atoms with E-state index in [1.807, 2.05) is 0 Å². The first-order valence-corrected chi connectivity index (χ1v) is 5.25. The first kappa shape index (κ1) is 9.38. The number of carbonyl (C=O) groups is 1. The zero-order valence-electron chi connectivity index (χ0n) is 8.76. The number of Topliss-reactive ketones (excluding diaryl/α,β-unsaturated/α-hetero) is 1. The van der Waals surface area contributed by atoms with Crippen molar-refractivity contribution >= 4 is 5.78 Å². The van der Waals surface area contributed by atoms with E-state index in [0.29, 0.717) is 6.42 Å². The maximum atomic E-state index is 11.6. The molecule has 1 aromatic rings. The minimum absolute atomic E-state index is 0.223. The molecule has 0 aromatic carbocycles. The summed E-state index contributed by atoms with van der Waals surface area (Å²) in [6, 6.07) is 2.14. The lowest BCUT2D eigenvalue weighted by atomic mass is 9.93. The van der Waals surface area contributed by atoms with Gasteiger partial charge in [-0.05, 0) is 37.3 Å². The lowest BCUT2D eigenvalue weighted by molar-refractivity contribution is 0.0967. The maximum absolute atomic E-state index is 11.6. The normalized spacial score (nSPS) is 15.4. The molecule has 0 N–H and O–H groups in total. The number of aromatic nitrogens is 1. The monoisotopic (exact) mass is 189 g/mol. The van der Waals surface area contributed by atoms with Crippen LogP contribution >= 0.6 is 0 Å². The highest BCUT2D eigenvalue weighted by Gasteiger charge is 2.19. The average Bonchev–Trinajstić information content (AvgIpc) is 2.17. The SMILES string of the molecule is CCc1nc2c(cc1C)CCCC2=O. The zero-order chi connectivity index (χ0) is 10.1. The van der Waals surface area contributed by atoms with E-state index in [1.54, 1.807) is 0 Å². The van der Waals surface area contributed by atoms with Gasteiger partial charge in [0.2, 0.25) is 0 Å². The number of hydrogen-bond acceptors (Lipinski definition) is 2. The molecular formula is C12H15NO. The van der Waals surface area contributed by atoms with Crippen LogP contribution < -0.4 is 0 Å². The van der Waals surface area contributed by atoms with Crippen LogP contribution in [0, 0.1) is 6.92 Å². The van der Waals surface area contributed by atoms with E-state index in [9.17, 15) is 4.79 Å². The van der Waals surface area contributed by atoms with Crippen LogP contribution in [0.1, 0.15) is 47.1 Å². The van der Waals surface area contributed by atoms with Crippen LogP contribution in [0.2, 0.25) is 0 Å². The lowest BCUT2D eigenvalue weighted by Gasteiger charge is -2.15. The Bertz CT molecular complexity index is 382. The third kappa shape index (κ3) is 1.45. The van der Waals surface area contributed by atoms with Gasteiger partial charge in [0, 0.05) is 12.1 Å². The quantitative estimate of drug-likeness (QED) is 0.679. The van der Waals surface area contributed by atoms with Gasteiger partial charge < -0.3 is 0 Å². The van der Waals surface area contributed by atoms with Crippen molar-refractivity contribution in [3.05, 3.63) is 28.6 Å². The molecule has 1 aliphatic rings. The summed E-state index contributed by atoms with van der Waals surface area (Å²) in [5, 5.41) is 0. The van der Waals surface area contributed by atoms with E-state index in [0.717, 1.165) is 36.2 Å². The Labute approximate surface area is 84.4 Å². The average molecular weight is 189 g/mol. The Morgan fingerprint density at radius 2 is 2.21 bits per heavy atom. The number of fused-ring (bicyclic) bond motifs is 1. The van der Waals surface area contributed by atoms with Crippen LogP contribution in [0.4, 0.5) is 0 Å². The van der Waals surface area contributed by atoms with Gasteiger partial charge in [0.1, 0.15) is 5.69 Å². The van der Waals surface area contributed by atoms with Gasteiger partial charge in [0.25, 0.3) is 0 Å². The molecule has 0 saturated carbocycles. The predicted octanol–water partition coefficient (Wildman–Crippen LogP) is 2.47. The number of hydrogen-bond donors (Lipinski definition) is 0. The highest BCUT2D eigenvalue weighted by atomic mass is 16.1. The first-order valence-electron chi connectivity index (χ1n) is 5.25. The number of aryl methyl sites for hydroxylation is 3. The van der Waals surface area contributed by atoms with Gasteiger partial charge in [-0.1, -0.05) is 13.0 Å². The summed E-state index contributed by atoms with van der Waals surface area (Å²) in [6.07, 6.45) is 3.58. The Hall–Kier alpha value is -1.18. The van der Waals surface area contributed by atoms with Gasteiger partial charge in [0.15, 0.2) is 5.78 Å². The molecule has 1 aromatic heterocycles. The van der Waals surface area contributed by atoms with Crippen molar-refractivity contribution in [3.63, 3.8) is 0 Å². The Balaban J connectivity index is 2.54. The Kier molecular flexibility index (Phi) is 2.36. The van der Waals surface area contributed by atoms with Crippen molar-refractivity contribution in [2.75, 3.05) is 0 Å². The van der Waals surface area contributed by atoms with Crippen molar-refractivity contribution in [2.24, 2.45) is 0 Å². The van der Waals surface area contributed by atoms with Crippen molar-refractivity contribution < 1.29 is 4.79 Å². The highest BCUT2D eigenvalue weighted by Crippen LogP contribution is 2.22. The lowest BCUT2D eigenvalue weighted by Crippen LogP contribution is -2.15. The van der Waals surface area contributed by atoms with E-state index in [-0.39, 0.29) is 5.78 Å². The van der Waals surface area contributed by atoms with Gasteiger partial charge in [-0.25, -0.2) is 4.98 Å². The number of nitrogens with zero attached hydrogens (tertiary/aromatic N) is 1. The standard InChI is InChI=1S/C12H15NO/c1-3-10-8(2)7-9-5-4-6-11(14)12(9)13-10/h7H,3-6H2,1-2H3. The van der Waals surface area contributed by atoms with Crippen LogP contribution in [-0.2, 0) is 12.8 Å². The minimum Gasteiger partial charge on any atom is -0.292 e. The maximum Gasteiger partial charge on any atom is 0.181 e. The third-order valence-corrected chi connectivity index (χ3v) is 2.85. The molecule has 0 radical (unpaired) electrons. The fraction of sp³-hybridized carbons (Fsp3) is 0.500. The van der Waals surface area contributed by atoms with Gasteiger partial charge >= 0.3 is 0 Å². The molecule has 1 aliphatic carbocycles. The third-order valence-electron chi connectivity index (χ3n) is 2.85.